The van der Waals surface area contributed by atoms with Crippen molar-refractivity contribution in [2.45, 2.75) is 86.0 Å². The molecule has 0 spiro atoms. The molecule has 138 valence electrons. The highest BCUT2D eigenvalue weighted by Crippen LogP contribution is 2.19. The van der Waals surface area contributed by atoms with Gasteiger partial charge < -0.3 is 9.64 Å². The molecule has 0 aromatic carbocycles. The molecule has 0 aromatic rings. The Kier molecular flexibility index (Phi) is 14.6. The zero-order chi connectivity index (χ0) is 17.5. The van der Waals surface area contributed by atoms with Gasteiger partial charge in [0.2, 0.25) is 5.91 Å². The topological polar surface area (TPSA) is 29.5 Å². The summed E-state index contributed by atoms with van der Waals surface area (Å²) in [6, 6.07) is 0. The summed E-state index contributed by atoms with van der Waals surface area (Å²) < 4.78 is 5.38. The Morgan fingerprint density at radius 1 is 0.870 bits per heavy atom. The number of rotatable bonds is 15. The van der Waals surface area contributed by atoms with Crippen molar-refractivity contribution in [3.8, 4) is 0 Å². The molecule has 3 heteroatoms. The van der Waals surface area contributed by atoms with Crippen molar-refractivity contribution in [2.24, 2.45) is 11.8 Å². The lowest BCUT2D eigenvalue weighted by atomic mass is 9.95. The van der Waals surface area contributed by atoms with E-state index in [9.17, 15) is 4.79 Å². The van der Waals surface area contributed by atoms with Crippen LogP contribution < -0.4 is 0 Å². The van der Waals surface area contributed by atoms with Gasteiger partial charge in [-0.2, -0.15) is 0 Å². The van der Waals surface area contributed by atoms with Gasteiger partial charge in [0, 0.05) is 19.7 Å². The van der Waals surface area contributed by atoms with Gasteiger partial charge in [-0.15, -0.1) is 0 Å². The van der Waals surface area contributed by atoms with Crippen molar-refractivity contribution in [1.29, 1.82) is 0 Å². The van der Waals surface area contributed by atoms with Crippen LogP contribution in [0.3, 0.4) is 0 Å². The van der Waals surface area contributed by atoms with Gasteiger partial charge in [-0.25, -0.2) is 0 Å². The molecule has 2 atom stereocenters. The fourth-order valence-corrected chi connectivity index (χ4v) is 3.02. The lowest BCUT2D eigenvalue weighted by molar-refractivity contribution is -0.137. The summed E-state index contributed by atoms with van der Waals surface area (Å²) in [5, 5.41) is 0. The van der Waals surface area contributed by atoms with Gasteiger partial charge in [0.1, 0.15) is 6.61 Å². The third-order valence-electron chi connectivity index (χ3n) is 4.83. The van der Waals surface area contributed by atoms with Crippen molar-refractivity contribution < 1.29 is 9.53 Å². The predicted molar refractivity (Wildman–Crippen MR) is 99.7 cm³/mol. The van der Waals surface area contributed by atoms with Crippen LogP contribution in [0.15, 0.2) is 0 Å². The van der Waals surface area contributed by atoms with E-state index in [1.165, 1.54) is 38.5 Å². The van der Waals surface area contributed by atoms with Crippen molar-refractivity contribution in [2.75, 3.05) is 26.3 Å². The maximum atomic E-state index is 12.6. The van der Waals surface area contributed by atoms with Crippen molar-refractivity contribution in [3.05, 3.63) is 0 Å². The molecule has 0 rings (SSSR count). The average Bonchev–Trinajstić information content (AvgIpc) is 2.58. The number of carbonyl (C=O) groups excluding carboxylic acids is 1. The van der Waals surface area contributed by atoms with E-state index >= 15 is 0 Å². The molecule has 0 bridgehead atoms. The standard InChI is InChI=1S/C20H41NO2/c1-6-11-13-18(8-3)15-21(20(22)17-23-10-5)16-19(9-4)14-12-7-2/h18-19H,6-17H2,1-5H3. The maximum Gasteiger partial charge on any atom is 0.248 e. The van der Waals surface area contributed by atoms with E-state index in [0.717, 1.165) is 25.9 Å². The van der Waals surface area contributed by atoms with E-state index in [-0.39, 0.29) is 12.5 Å². The molecule has 1 amide bonds. The molecule has 0 N–H and O–H groups in total. The Balaban J connectivity index is 4.73. The SMILES string of the molecule is CCCCC(CC)CN(CC(CC)CCCC)C(=O)COCC. The Morgan fingerprint density at radius 3 is 1.70 bits per heavy atom. The van der Waals surface area contributed by atoms with Gasteiger partial charge in [-0.3, -0.25) is 4.79 Å². The molecule has 0 saturated carbocycles. The average molecular weight is 328 g/mol. The zero-order valence-electron chi connectivity index (χ0n) is 16.4. The van der Waals surface area contributed by atoms with E-state index in [4.69, 9.17) is 4.74 Å². The molecule has 0 aromatic heterocycles. The summed E-state index contributed by atoms with van der Waals surface area (Å²) in [5.41, 5.74) is 0. The molecule has 0 fully saturated rings. The van der Waals surface area contributed by atoms with Gasteiger partial charge in [-0.1, -0.05) is 66.2 Å². The van der Waals surface area contributed by atoms with Crippen molar-refractivity contribution in [3.63, 3.8) is 0 Å². The van der Waals surface area contributed by atoms with Crippen LogP contribution in [0.25, 0.3) is 0 Å². The van der Waals surface area contributed by atoms with E-state index in [1.807, 2.05) is 6.92 Å². The predicted octanol–water partition coefficient (Wildman–Crippen LogP) is 5.28. The molecule has 0 radical (unpaired) electrons. The normalized spacial score (nSPS) is 13.8. The zero-order valence-corrected chi connectivity index (χ0v) is 16.4. The van der Waals surface area contributed by atoms with Crippen molar-refractivity contribution >= 4 is 5.91 Å². The number of carbonyl (C=O) groups is 1. The number of nitrogens with zero attached hydrogens (tertiary/aromatic N) is 1. The first-order valence-corrected chi connectivity index (χ1v) is 9.98. The van der Waals surface area contributed by atoms with Crippen LogP contribution in [0, 0.1) is 11.8 Å². The highest BCUT2D eigenvalue weighted by Gasteiger charge is 2.21. The lowest BCUT2D eigenvalue weighted by Gasteiger charge is -2.30. The third kappa shape index (κ3) is 10.8. The minimum Gasteiger partial charge on any atom is -0.372 e. The fraction of sp³-hybridized carbons (Fsp3) is 0.950. The molecule has 0 heterocycles. The largest absolute Gasteiger partial charge is 0.372 e. The first kappa shape index (κ1) is 22.4. The molecule has 3 nitrogen and oxygen atoms in total. The number of unbranched alkanes of at least 4 members (excludes halogenated alkanes) is 2. The number of hydrogen-bond donors (Lipinski definition) is 0. The summed E-state index contributed by atoms with van der Waals surface area (Å²) in [7, 11) is 0. The monoisotopic (exact) mass is 327 g/mol. The highest BCUT2D eigenvalue weighted by atomic mass is 16.5. The van der Waals surface area contributed by atoms with E-state index < -0.39 is 0 Å². The second-order valence-electron chi connectivity index (χ2n) is 6.77. The minimum atomic E-state index is 0.178. The quantitative estimate of drug-likeness (QED) is 0.409. The van der Waals surface area contributed by atoms with Crippen LogP contribution >= 0.6 is 0 Å². The Bertz CT molecular complexity index is 263. The molecule has 0 aliphatic heterocycles. The number of hydrogen-bond acceptors (Lipinski definition) is 2. The van der Waals surface area contributed by atoms with E-state index in [2.05, 4.69) is 32.6 Å². The van der Waals surface area contributed by atoms with E-state index in [0.29, 0.717) is 18.4 Å². The summed E-state index contributed by atoms with van der Waals surface area (Å²) in [5.74, 6) is 1.44. The summed E-state index contributed by atoms with van der Waals surface area (Å²) in [6.45, 7) is 13.6. The van der Waals surface area contributed by atoms with Gasteiger partial charge in [0.15, 0.2) is 0 Å². The highest BCUT2D eigenvalue weighted by molar-refractivity contribution is 5.77. The summed E-state index contributed by atoms with van der Waals surface area (Å²) in [6.07, 6.45) is 9.77. The van der Waals surface area contributed by atoms with Crippen LogP contribution in [-0.2, 0) is 9.53 Å². The van der Waals surface area contributed by atoms with E-state index in [1.54, 1.807) is 0 Å². The first-order chi connectivity index (χ1) is 11.1. The second-order valence-corrected chi connectivity index (χ2v) is 6.77. The number of amides is 1. The Morgan fingerprint density at radius 2 is 1.35 bits per heavy atom. The van der Waals surface area contributed by atoms with Crippen LogP contribution in [0.1, 0.15) is 86.0 Å². The van der Waals surface area contributed by atoms with Crippen LogP contribution in [0.4, 0.5) is 0 Å². The summed E-state index contributed by atoms with van der Waals surface area (Å²) in [4.78, 5) is 14.7. The molecule has 2 unspecified atom stereocenters. The molecule has 0 aliphatic rings. The fourth-order valence-electron chi connectivity index (χ4n) is 3.02. The summed E-state index contributed by atoms with van der Waals surface area (Å²) >= 11 is 0. The van der Waals surface area contributed by atoms with Crippen molar-refractivity contribution in [1.82, 2.24) is 4.90 Å². The van der Waals surface area contributed by atoms with Gasteiger partial charge in [0.05, 0.1) is 0 Å². The Hall–Kier alpha value is -0.570. The van der Waals surface area contributed by atoms with Crippen LogP contribution in [0.5, 0.6) is 0 Å². The lowest BCUT2D eigenvalue weighted by Crippen LogP contribution is -2.41. The smallest absolute Gasteiger partial charge is 0.248 e. The third-order valence-corrected chi connectivity index (χ3v) is 4.83. The molecular weight excluding hydrogens is 286 g/mol. The van der Waals surface area contributed by atoms with Gasteiger partial charge >= 0.3 is 0 Å². The maximum absolute atomic E-state index is 12.6. The molecular formula is C20H41NO2. The molecule has 23 heavy (non-hydrogen) atoms. The second kappa shape index (κ2) is 15.0. The van der Waals surface area contributed by atoms with Gasteiger partial charge in [-0.05, 0) is 31.6 Å². The molecule has 0 aliphatic carbocycles. The van der Waals surface area contributed by atoms with Gasteiger partial charge in [0.25, 0.3) is 0 Å². The minimum absolute atomic E-state index is 0.178. The molecule has 0 saturated heterocycles. The van der Waals surface area contributed by atoms with Crippen LogP contribution in [0.2, 0.25) is 0 Å². The van der Waals surface area contributed by atoms with Crippen LogP contribution in [-0.4, -0.2) is 37.1 Å². The first-order valence-electron chi connectivity index (χ1n) is 9.98. The number of ether oxygens (including phenoxy) is 1. The Labute approximate surface area is 145 Å².